The lowest BCUT2D eigenvalue weighted by Gasteiger charge is -2.12. The molecule has 0 spiro atoms. The summed E-state index contributed by atoms with van der Waals surface area (Å²) in [5.41, 5.74) is 0. The van der Waals surface area contributed by atoms with Crippen LogP contribution in [-0.2, 0) is 6.54 Å². The van der Waals surface area contributed by atoms with Gasteiger partial charge >= 0.3 is 0 Å². The first-order chi connectivity index (χ1) is 8.77. The van der Waals surface area contributed by atoms with Crippen molar-refractivity contribution in [3.63, 3.8) is 0 Å². The Hall–Kier alpha value is -0.650. The normalized spacial score (nSPS) is 12.8. The number of aromatic nitrogens is 2. The second-order valence-electron chi connectivity index (χ2n) is 4.32. The van der Waals surface area contributed by atoms with Crippen molar-refractivity contribution in [2.45, 2.75) is 32.4 Å². The first kappa shape index (κ1) is 13.8. The summed E-state index contributed by atoms with van der Waals surface area (Å²) >= 11 is 5.37. The van der Waals surface area contributed by atoms with E-state index in [9.17, 15) is 0 Å². The maximum atomic E-state index is 4.04. The van der Waals surface area contributed by atoms with E-state index < -0.39 is 0 Å². The monoisotopic (exact) mass is 327 g/mol. The molecule has 0 fully saturated rings. The summed E-state index contributed by atoms with van der Waals surface area (Å²) in [4.78, 5) is 5.42. The molecule has 0 aliphatic rings. The van der Waals surface area contributed by atoms with Gasteiger partial charge in [-0.05, 0) is 53.7 Å². The van der Waals surface area contributed by atoms with Crippen LogP contribution in [0.2, 0.25) is 0 Å². The Balaban J connectivity index is 1.62. The van der Waals surface area contributed by atoms with Crippen LogP contribution < -0.4 is 5.32 Å². The number of thiophene rings is 1. The van der Waals surface area contributed by atoms with E-state index in [4.69, 9.17) is 0 Å². The van der Waals surface area contributed by atoms with Crippen LogP contribution in [0.15, 0.2) is 34.6 Å². The third-order valence-corrected chi connectivity index (χ3v) is 4.94. The summed E-state index contributed by atoms with van der Waals surface area (Å²) in [5, 5.41) is 5.68. The number of hydrogen-bond donors (Lipinski definition) is 1. The van der Waals surface area contributed by atoms with Gasteiger partial charge in [-0.1, -0.05) is 0 Å². The molecule has 0 aromatic carbocycles. The third-order valence-electron chi connectivity index (χ3n) is 2.89. The lowest BCUT2D eigenvalue weighted by atomic mass is 10.2. The molecule has 0 radical (unpaired) electrons. The largest absolute Gasteiger partial charge is 0.337 e. The number of aryl methyl sites for hydroxylation is 1. The van der Waals surface area contributed by atoms with Gasteiger partial charge in [0.15, 0.2) is 0 Å². The maximum absolute atomic E-state index is 4.04. The predicted molar refractivity (Wildman–Crippen MR) is 79.9 cm³/mol. The Morgan fingerprint density at radius 2 is 2.39 bits per heavy atom. The van der Waals surface area contributed by atoms with Crippen LogP contribution >= 0.6 is 27.3 Å². The van der Waals surface area contributed by atoms with E-state index in [2.05, 4.69) is 49.2 Å². The summed E-state index contributed by atoms with van der Waals surface area (Å²) in [7, 11) is 0. The molecule has 0 saturated heterocycles. The second-order valence-corrected chi connectivity index (χ2v) is 6.12. The minimum Gasteiger partial charge on any atom is -0.337 e. The van der Waals surface area contributed by atoms with Crippen molar-refractivity contribution >= 4 is 27.3 Å². The van der Waals surface area contributed by atoms with E-state index in [-0.39, 0.29) is 0 Å². The molecule has 0 aliphatic heterocycles. The highest BCUT2D eigenvalue weighted by molar-refractivity contribution is 9.10. The van der Waals surface area contributed by atoms with Crippen LogP contribution in [0.3, 0.4) is 0 Å². The lowest BCUT2D eigenvalue weighted by Crippen LogP contribution is -2.19. The fraction of sp³-hybridized carbons (Fsp3) is 0.462. The van der Waals surface area contributed by atoms with E-state index in [0.29, 0.717) is 6.04 Å². The number of hydrogen-bond acceptors (Lipinski definition) is 3. The lowest BCUT2D eigenvalue weighted by molar-refractivity contribution is 0.526. The average molecular weight is 328 g/mol. The number of nitrogens with one attached hydrogen (secondary N) is 1. The molecule has 0 saturated carbocycles. The summed E-state index contributed by atoms with van der Waals surface area (Å²) in [6, 6.07) is 2.53. The Morgan fingerprint density at radius 1 is 1.50 bits per heavy atom. The Morgan fingerprint density at radius 3 is 3.06 bits per heavy atom. The fourth-order valence-corrected chi connectivity index (χ4v) is 3.61. The molecular weight excluding hydrogens is 310 g/mol. The van der Waals surface area contributed by atoms with Crippen LogP contribution in [0, 0.1) is 0 Å². The zero-order valence-corrected chi connectivity index (χ0v) is 12.9. The van der Waals surface area contributed by atoms with Crippen molar-refractivity contribution in [2.75, 3.05) is 6.54 Å². The zero-order chi connectivity index (χ0) is 12.8. The van der Waals surface area contributed by atoms with Crippen molar-refractivity contribution < 1.29 is 0 Å². The summed E-state index contributed by atoms with van der Waals surface area (Å²) < 4.78 is 3.34. The molecule has 2 aromatic heterocycles. The van der Waals surface area contributed by atoms with Crippen molar-refractivity contribution in [1.29, 1.82) is 0 Å². The molecule has 1 atom stereocenters. The zero-order valence-electron chi connectivity index (χ0n) is 10.5. The topological polar surface area (TPSA) is 29.9 Å². The van der Waals surface area contributed by atoms with Gasteiger partial charge in [-0.15, -0.1) is 11.3 Å². The molecule has 2 aromatic rings. The first-order valence-corrected chi connectivity index (χ1v) is 7.86. The molecule has 98 valence electrons. The van der Waals surface area contributed by atoms with E-state index in [1.165, 1.54) is 22.2 Å². The number of nitrogens with zero attached hydrogens (tertiary/aromatic N) is 2. The van der Waals surface area contributed by atoms with Crippen molar-refractivity contribution in [3.8, 4) is 0 Å². The molecule has 1 unspecified atom stereocenters. The van der Waals surface area contributed by atoms with Crippen molar-refractivity contribution in [2.24, 2.45) is 0 Å². The van der Waals surface area contributed by atoms with Gasteiger partial charge in [0.2, 0.25) is 0 Å². The van der Waals surface area contributed by atoms with Gasteiger partial charge in [0.1, 0.15) is 0 Å². The van der Waals surface area contributed by atoms with Crippen LogP contribution in [-0.4, -0.2) is 16.1 Å². The molecule has 0 aliphatic carbocycles. The van der Waals surface area contributed by atoms with Gasteiger partial charge in [-0.2, -0.15) is 0 Å². The number of unbranched alkanes of at least 4 members (excludes halogenated alkanes) is 1. The molecule has 2 rings (SSSR count). The molecule has 1 N–H and O–H groups in total. The Bertz CT molecular complexity index is 453. The molecule has 18 heavy (non-hydrogen) atoms. The highest BCUT2D eigenvalue weighted by Crippen LogP contribution is 2.28. The maximum Gasteiger partial charge on any atom is 0.0945 e. The van der Waals surface area contributed by atoms with Gasteiger partial charge in [0.25, 0.3) is 0 Å². The predicted octanol–water partition coefficient (Wildman–Crippen LogP) is 3.84. The Kier molecular flexibility index (Phi) is 5.41. The number of halogens is 1. The minimum absolute atomic E-state index is 0.424. The highest BCUT2D eigenvalue weighted by Gasteiger charge is 2.09. The molecule has 0 bridgehead atoms. The van der Waals surface area contributed by atoms with E-state index in [0.717, 1.165) is 13.1 Å². The second kappa shape index (κ2) is 7.07. The summed E-state index contributed by atoms with van der Waals surface area (Å²) in [6.07, 6.45) is 8.08. The van der Waals surface area contributed by atoms with Crippen LogP contribution in [0.4, 0.5) is 0 Å². The fourth-order valence-electron chi connectivity index (χ4n) is 1.86. The molecule has 3 nitrogen and oxygen atoms in total. The van der Waals surface area contributed by atoms with E-state index >= 15 is 0 Å². The molecule has 5 heteroatoms. The van der Waals surface area contributed by atoms with Gasteiger partial charge in [0, 0.05) is 34.3 Å². The summed E-state index contributed by atoms with van der Waals surface area (Å²) in [6.45, 7) is 4.32. The smallest absolute Gasteiger partial charge is 0.0945 e. The Labute approximate surface area is 120 Å². The standard InChI is InChI=1S/C13H18BrN3S/c1-11(13-12(14)4-9-18-13)16-5-2-3-7-17-8-6-15-10-17/h4,6,8-11,16H,2-3,5,7H2,1H3. The van der Waals surface area contributed by atoms with Crippen molar-refractivity contribution in [1.82, 2.24) is 14.9 Å². The average Bonchev–Trinajstić information content (AvgIpc) is 2.99. The molecule has 2 heterocycles. The number of imidazole rings is 1. The highest BCUT2D eigenvalue weighted by atomic mass is 79.9. The van der Waals surface area contributed by atoms with Gasteiger partial charge in [0.05, 0.1) is 6.33 Å². The van der Waals surface area contributed by atoms with Crippen LogP contribution in [0.25, 0.3) is 0 Å². The molecular formula is C13H18BrN3S. The van der Waals surface area contributed by atoms with E-state index in [1.54, 1.807) is 11.3 Å². The first-order valence-electron chi connectivity index (χ1n) is 6.19. The van der Waals surface area contributed by atoms with Crippen LogP contribution in [0.1, 0.15) is 30.7 Å². The third kappa shape index (κ3) is 3.93. The quantitative estimate of drug-likeness (QED) is 0.783. The van der Waals surface area contributed by atoms with Gasteiger partial charge in [-0.3, -0.25) is 0 Å². The summed E-state index contributed by atoms with van der Waals surface area (Å²) in [5.74, 6) is 0. The minimum atomic E-state index is 0.424. The van der Waals surface area contributed by atoms with Gasteiger partial charge in [-0.25, -0.2) is 4.98 Å². The SMILES string of the molecule is CC(NCCCCn1ccnc1)c1sccc1Br. The number of rotatable bonds is 7. The van der Waals surface area contributed by atoms with Gasteiger partial charge < -0.3 is 9.88 Å². The molecule has 0 amide bonds. The van der Waals surface area contributed by atoms with Crippen molar-refractivity contribution in [3.05, 3.63) is 39.5 Å². The van der Waals surface area contributed by atoms with E-state index in [1.807, 2.05) is 18.7 Å². The van der Waals surface area contributed by atoms with Crippen LogP contribution in [0.5, 0.6) is 0 Å².